The fraction of sp³-hybridized carbons (Fsp3) is 0.875. The summed E-state index contributed by atoms with van der Waals surface area (Å²) in [5.74, 6) is 3.65. The van der Waals surface area contributed by atoms with E-state index >= 15 is 0 Å². The first kappa shape index (κ1) is 12.3. The summed E-state index contributed by atoms with van der Waals surface area (Å²) in [5, 5.41) is 0.941. The maximum atomic E-state index is 6.77. The monoisotopic (exact) mass is 348 g/mol. The molecule has 6 aliphatic rings. The van der Waals surface area contributed by atoms with E-state index in [1.807, 2.05) is 0 Å². The lowest BCUT2D eigenvalue weighted by Crippen LogP contribution is -2.35. The molecule has 20 heavy (non-hydrogen) atoms. The number of hydrogen-bond acceptors (Lipinski definition) is 0. The predicted molar refractivity (Wildman–Crippen MR) is 82.3 cm³/mol. The molecule has 0 aromatic heterocycles. The lowest BCUT2D eigenvalue weighted by Gasteiger charge is -2.36. The van der Waals surface area contributed by atoms with Crippen LogP contribution in [0.15, 0.2) is 11.1 Å². The first-order valence-corrected chi connectivity index (χ1v) is 9.41. The Bertz CT molecular complexity index is 571. The van der Waals surface area contributed by atoms with Gasteiger partial charge in [0.15, 0.2) is 0 Å². The highest BCUT2D eigenvalue weighted by molar-refractivity contribution is 6.51. The molecule has 6 rings (SSSR count). The molecule has 0 heterocycles. The zero-order chi connectivity index (χ0) is 13.7. The van der Waals surface area contributed by atoms with Crippen LogP contribution < -0.4 is 0 Å². The molecule has 0 nitrogen and oxygen atoms in total. The lowest BCUT2D eigenvalue weighted by molar-refractivity contribution is 0.182. The van der Waals surface area contributed by atoms with Crippen LogP contribution in [0.25, 0.3) is 0 Å². The van der Waals surface area contributed by atoms with E-state index < -0.39 is 4.33 Å². The topological polar surface area (TPSA) is 0 Å². The molecular weight excluding hydrogens is 334 g/mol. The van der Waals surface area contributed by atoms with Crippen LogP contribution >= 0.6 is 46.4 Å². The van der Waals surface area contributed by atoms with Crippen LogP contribution in [0.2, 0.25) is 0 Å². The predicted octanol–water partition coefficient (Wildman–Crippen LogP) is 5.20. The van der Waals surface area contributed by atoms with Crippen LogP contribution in [0.5, 0.6) is 0 Å². The van der Waals surface area contributed by atoms with Crippen LogP contribution in [0, 0.1) is 46.3 Å². The highest BCUT2D eigenvalue weighted by Crippen LogP contribution is 2.92. The third-order valence-electron chi connectivity index (χ3n) is 7.92. The van der Waals surface area contributed by atoms with Crippen LogP contribution in [0.1, 0.15) is 25.7 Å². The molecule has 7 atom stereocenters. The van der Waals surface area contributed by atoms with Crippen molar-refractivity contribution in [2.75, 3.05) is 0 Å². The van der Waals surface area contributed by atoms with Gasteiger partial charge in [-0.1, -0.05) is 17.7 Å². The number of halogens is 4. The molecule has 0 aliphatic heterocycles. The Balaban J connectivity index is 1.56. The Morgan fingerprint density at radius 3 is 2.20 bits per heavy atom. The summed E-state index contributed by atoms with van der Waals surface area (Å²) in [6.45, 7) is 0. The number of hydrogen-bond donors (Lipinski definition) is 0. The maximum Gasteiger partial charge on any atom is 0.125 e. The molecule has 0 amide bonds. The number of rotatable bonds is 0. The van der Waals surface area contributed by atoms with Gasteiger partial charge in [-0.15, -0.1) is 34.8 Å². The molecule has 108 valence electrons. The van der Waals surface area contributed by atoms with Crippen LogP contribution in [-0.4, -0.2) is 9.71 Å². The maximum absolute atomic E-state index is 6.77. The van der Waals surface area contributed by atoms with Gasteiger partial charge in [0.1, 0.15) is 4.33 Å². The van der Waals surface area contributed by atoms with E-state index in [0.717, 1.165) is 11.0 Å². The molecule has 2 bridgehead atoms. The normalized spacial score (nSPS) is 60.2. The SMILES string of the molecule is ClC1=C[C@H]2[C@@H]3[C@@H]4[C@H](C4(Cl)Cl)C4(CC4)[C@@H]3[C@@H]([C@@H]1Cl)C21CC1. The minimum Gasteiger partial charge on any atom is -0.117 e. The van der Waals surface area contributed by atoms with Crippen LogP contribution in [0.3, 0.4) is 0 Å². The van der Waals surface area contributed by atoms with Crippen molar-refractivity contribution in [3.05, 3.63) is 11.1 Å². The Hall–Kier alpha value is 0.900. The van der Waals surface area contributed by atoms with Crippen LogP contribution in [-0.2, 0) is 0 Å². The third-order valence-corrected chi connectivity index (χ3v) is 9.88. The second kappa shape index (κ2) is 3.10. The minimum atomic E-state index is -0.451. The van der Waals surface area contributed by atoms with Crippen molar-refractivity contribution < 1.29 is 0 Å². The molecule has 4 heteroatoms. The summed E-state index contributed by atoms with van der Waals surface area (Å²) in [7, 11) is 0. The Morgan fingerprint density at radius 2 is 1.60 bits per heavy atom. The minimum absolute atomic E-state index is 0.0421. The molecule has 5 fully saturated rings. The van der Waals surface area contributed by atoms with Crippen molar-refractivity contribution >= 4 is 46.4 Å². The zero-order valence-electron chi connectivity index (χ0n) is 11.0. The van der Waals surface area contributed by atoms with Gasteiger partial charge >= 0.3 is 0 Å². The molecule has 0 N–H and O–H groups in total. The van der Waals surface area contributed by atoms with E-state index in [0.29, 0.717) is 40.4 Å². The summed E-state index contributed by atoms with van der Waals surface area (Å²) in [6, 6.07) is 0. The van der Waals surface area contributed by atoms with E-state index in [4.69, 9.17) is 46.4 Å². The molecule has 0 aromatic carbocycles. The molecule has 0 radical (unpaired) electrons. The van der Waals surface area contributed by atoms with Crippen molar-refractivity contribution in [2.24, 2.45) is 46.3 Å². The summed E-state index contributed by atoms with van der Waals surface area (Å²) in [5.41, 5.74) is 0.892. The van der Waals surface area contributed by atoms with E-state index in [2.05, 4.69) is 6.08 Å². The van der Waals surface area contributed by atoms with Gasteiger partial charge in [0.05, 0.1) is 5.38 Å². The number of fused-ring (bicyclic) bond motifs is 7. The van der Waals surface area contributed by atoms with E-state index in [1.165, 1.54) is 25.7 Å². The summed E-state index contributed by atoms with van der Waals surface area (Å²) in [6.07, 6.45) is 7.61. The van der Waals surface area contributed by atoms with Gasteiger partial charge in [0, 0.05) is 16.9 Å². The molecule has 5 saturated carbocycles. The van der Waals surface area contributed by atoms with Gasteiger partial charge in [0.2, 0.25) is 0 Å². The van der Waals surface area contributed by atoms with Gasteiger partial charge < -0.3 is 0 Å². The van der Waals surface area contributed by atoms with Crippen molar-refractivity contribution in [3.8, 4) is 0 Å². The van der Waals surface area contributed by atoms with Gasteiger partial charge in [0.25, 0.3) is 0 Å². The Labute approximate surface area is 139 Å². The van der Waals surface area contributed by atoms with Crippen LogP contribution in [0.4, 0.5) is 0 Å². The quantitative estimate of drug-likeness (QED) is 0.527. The molecule has 0 saturated heterocycles. The van der Waals surface area contributed by atoms with E-state index in [9.17, 15) is 0 Å². The zero-order valence-corrected chi connectivity index (χ0v) is 14.0. The average molecular weight is 350 g/mol. The lowest BCUT2D eigenvalue weighted by atomic mass is 9.72. The second-order valence-corrected chi connectivity index (χ2v) is 10.6. The largest absolute Gasteiger partial charge is 0.125 e. The average Bonchev–Trinajstić information content (AvgIpc) is 3.23. The standard InChI is InChI=1S/C16H16Cl4/c17-7-5-6-8-9(11(12(7)18)14(6)1-2-14)15(3-4-15)13-10(8)16(13,19)20/h5-6,8-13H,1-4H2/t6-,8-,9-,10+,11-,12+,13-/m0/s1. The molecular formula is C16H16Cl4. The third kappa shape index (κ3) is 1.02. The highest BCUT2D eigenvalue weighted by atomic mass is 35.5. The molecule has 2 spiro atoms. The first-order valence-electron chi connectivity index (χ1n) is 7.84. The van der Waals surface area contributed by atoms with Gasteiger partial charge in [-0.25, -0.2) is 0 Å². The van der Waals surface area contributed by atoms with Crippen molar-refractivity contribution in [3.63, 3.8) is 0 Å². The fourth-order valence-corrected chi connectivity index (χ4v) is 9.05. The first-order chi connectivity index (χ1) is 9.45. The second-order valence-electron chi connectivity index (χ2n) is 8.25. The number of alkyl halides is 3. The molecule has 0 unspecified atom stereocenters. The van der Waals surface area contributed by atoms with E-state index in [-0.39, 0.29) is 5.38 Å². The molecule has 0 aromatic rings. The van der Waals surface area contributed by atoms with E-state index in [1.54, 1.807) is 0 Å². The van der Waals surface area contributed by atoms with Gasteiger partial charge in [-0.3, -0.25) is 0 Å². The molecule has 6 aliphatic carbocycles. The van der Waals surface area contributed by atoms with Crippen molar-refractivity contribution in [1.82, 2.24) is 0 Å². The summed E-state index contributed by atoms with van der Waals surface area (Å²) in [4.78, 5) is 0. The Morgan fingerprint density at radius 1 is 0.950 bits per heavy atom. The summed E-state index contributed by atoms with van der Waals surface area (Å²) >= 11 is 26.6. The van der Waals surface area contributed by atoms with Gasteiger partial charge in [-0.05, 0) is 60.2 Å². The number of allylic oxidation sites excluding steroid dienone is 2. The highest BCUT2D eigenvalue weighted by Gasteiger charge is 2.90. The fourth-order valence-electron chi connectivity index (χ4n) is 7.18. The van der Waals surface area contributed by atoms with Crippen molar-refractivity contribution in [2.45, 2.75) is 35.4 Å². The Kier molecular flexibility index (Phi) is 1.91. The van der Waals surface area contributed by atoms with Gasteiger partial charge in [-0.2, -0.15) is 0 Å². The van der Waals surface area contributed by atoms with Crippen molar-refractivity contribution in [1.29, 1.82) is 0 Å². The summed E-state index contributed by atoms with van der Waals surface area (Å²) < 4.78 is -0.451. The smallest absolute Gasteiger partial charge is 0.117 e.